The molecule has 1 aliphatic carbocycles. The Kier molecular flexibility index (Phi) is 8.51. The molecule has 0 heterocycles. The molecule has 0 bridgehead atoms. The third-order valence-electron chi connectivity index (χ3n) is 4.59. The number of nitro groups is 1. The summed E-state index contributed by atoms with van der Waals surface area (Å²) >= 11 is 0. The summed E-state index contributed by atoms with van der Waals surface area (Å²) in [4.78, 5) is 33.1. The first-order valence-corrected chi connectivity index (χ1v) is 8.39. The number of unbranched alkanes of at least 4 members (excludes halogenated alkanes) is 5. The molecule has 0 N–H and O–H groups in total. The summed E-state index contributed by atoms with van der Waals surface area (Å²) in [6.07, 6.45) is 10.6. The molecule has 1 atom stereocenters. The van der Waals surface area contributed by atoms with Crippen LogP contribution in [0.3, 0.4) is 0 Å². The van der Waals surface area contributed by atoms with E-state index in [2.05, 4.69) is 4.74 Å². The molecule has 0 aromatic rings. The van der Waals surface area contributed by atoms with Crippen molar-refractivity contribution in [1.82, 2.24) is 0 Å². The molecule has 0 aliphatic heterocycles. The van der Waals surface area contributed by atoms with Crippen molar-refractivity contribution in [3.63, 3.8) is 0 Å². The first kappa shape index (κ1) is 19.3. The van der Waals surface area contributed by atoms with E-state index in [1.165, 1.54) is 7.11 Å². The second-order valence-corrected chi connectivity index (χ2v) is 6.29. The highest BCUT2D eigenvalue weighted by Crippen LogP contribution is 2.35. The van der Waals surface area contributed by atoms with E-state index < -0.39 is 5.54 Å². The van der Waals surface area contributed by atoms with Crippen molar-refractivity contribution < 1.29 is 19.2 Å². The number of esters is 1. The van der Waals surface area contributed by atoms with Crippen molar-refractivity contribution in [2.24, 2.45) is 0 Å². The van der Waals surface area contributed by atoms with Gasteiger partial charge in [-0.1, -0.05) is 31.8 Å². The summed E-state index contributed by atoms with van der Waals surface area (Å²) in [6.45, 7) is 0. The number of rotatable bonds is 11. The second-order valence-electron chi connectivity index (χ2n) is 6.29. The van der Waals surface area contributed by atoms with Gasteiger partial charge < -0.3 is 4.74 Å². The van der Waals surface area contributed by atoms with Crippen LogP contribution in [-0.4, -0.2) is 29.8 Å². The van der Waals surface area contributed by atoms with E-state index in [9.17, 15) is 19.7 Å². The van der Waals surface area contributed by atoms with Gasteiger partial charge in [-0.3, -0.25) is 19.7 Å². The number of carbonyl (C=O) groups is 2. The van der Waals surface area contributed by atoms with E-state index in [1.807, 2.05) is 6.08 Å². The molecule has 1 aliphatic rings. The molecule has 6 heteroatoms. The molecule has 0 aromatic carbocycles. The fraction of sp³-hybridized carbons (Fsp3) is 0.765. The average molecular weight is 325 g/mol. The number of nitrogens with zero attached hydrogens (tertiary/aromatic N) is 1. The molecule has 0 saturated carbocycles. The maximum Gasteiger partial charge on any atom is 0.305 e. The van der Waals surface area contributed by atoms with Gasteiger partial charge >= 0.3 is 5.97 Å². The van der Waals surface area contributed by atoms with Crippen LogP contribution in [0.25, 0.3) is 0 Å². The lowest BCUT2D eigenvalue weighted by atomic mass is 9.78. The number of ether oxygens (including phenoxy) is 1. The molecule has 6 nitrogen and oxygen atoms in total. The Morgan fingerprint density at radius 2 is 1.96 bits per heavy atom. The predicted octanol–water partition coefficient (Wildman–Crippen LogP) is 3.60. The zero-order chi connectivity index (χ0) is 17.1. The summed E-state index contributed by atoms with van der Waals surface area (Å²) < 4.78 is 4.58. The van der Waals surface area contributed by atoms with Crippen molar-refractivity contribution in [1.29, 1.82) is 0 Å². The molecule has 0 aromatic heterocycles. The highest BCUT2D eigenvalue weighted by atomic mass is 16.6. The summed E-state index contributed by atoms with van der Waals surface area (Å²) in [5.74, 6) is -0.172. The van der Waals surface area contributed by atoms with E-state index in [1.54, 1.807) is 0 Å². The fourth-order valence-corrected chi connectivity index (χ4v) is 3.15. The van der Waals surface area contributed by atoms with Crippen LogP contribution in [-0.2, 0) is 14.3 Å². The third-order valence-corrected chi connectivity index (χ3v) is 4.59. The van der Waals surface area contributed by atoms with E-state index in [0.29, 0.717) is 31.3 Å². The monoisotopic (exact) mass is 325 g/mol. The lowest BCUT2D eigenvalue weighted by Gasteiger charge is -2.28. The van der Waals surface area contributed by atoms with Gasteiger partial charge in [-0.25, -0.2) is 0 Å². The molecule has 0 saturated heterocycles. The van der Waals surface area contributed by atoms with Crippen molar-refractivity contribution in [3.8, 4) is 0 Å². The number of carbonyl (C=O) groups excluding carboxylic acids is 2. The lowest BCUT2D eigenvalue weighted by molar-refractivity contribution is -0.573. The van der Waals surface area contributed by atoms with Crippen LogP contribution in [0.2, 0.25) is 0 Å². The molecule has 0 amide bonds. The largest absolute Gasteiger partial charge is 0.469 e. The van der Waals surface area contributed by atoms with Crippen LogP contribution >= 0.6 is 0 Å². The van der Waals surface area contributed by atoms with Gasteiger partial charge in [-0.15, -0.1) is 0 Å². The molecular weight excluding hydrogens is 298 g/mol. The minimum atomic E-state index is -0.949. The molecule has 23 heavy (non-hydrogen) atoms. The van der Waals surface area contributed by atoms with Crippen LogP contribution in [0.1, 0.15) is 70.6 Å². The Hall–Kier alpha value is -1.72. The van der Waals surface area contributed by atoms with Gasteiger partial charge in [0.25, 0.3) is 0 Å². The van der Waals surface area contributed by atoms with Gasteiger partial charge in [-0.2, -0.15) is 0 Å². The third kappa shape index (κ3) is 6.50. The Morgan fingerprint density at radius 1 is 1.30 bits per heavy atom. The van der Waals surface area contributed by atoms with Crippen molar-refractivity contribution in [2.45, 2.75) is 76.2 Å². The van der Waals surface area contributed by atoms with Gasteiger partial charge in [0.1, 0.15) is 6.29 Å². The Labute approximate surface area is 137 Å². The van der Waals surface area contributed by atoms with E-state index >= 15 is 0 Å². The van der Waals surface area contributed by atoms with Crippen LogP contribution in [0.15, 0.2) is 11.6 Å². The topological polar surface area (TPSA) is 86.5 Å². The molecule has 0 fully saturated rings. The van der Waals surface area contributed by atoms with Crippen LogP contribution < -0.4 is 0 Å². The minimum Gasteiger partial charge on any atom is -0.469 e. The standard InChI is InChI=1S/C17H27NO5/c1-23-16(20)10-6-4-2-3-5-7-11-17(18(21)22)12-8-9-15(13-17)14-19/h9,14H,2-8,10-13H2,1H3. The van der Waals surface area contributed by atoms with Crippen LogP contribution in [0.4, 0.5) is 0 Å². The summed E-state index contributed by atoms with van der Waals surface area (Å²) in [5, 5.41) is 11.5. The van der Waals surface area contributed by atoms with Gasteiger partial charge in [0, 0.05) is 30.6 Å². The normalized spacial score (nSPS) is 20.7. The molecule has 0 radical (unpaired) electrons. The number of allylic oxidation sites excluding steroid dienone is 1. The van der Waals surface area contributed by atoms with Crippen LogP contribution in [0, 0.1) is 10.1 Å². The number of aldehydes is 1. The average Bonchev–Trinajstić information content (AvgIpc) is 2.56. The quantitative estimate of drug-likeness (QED) is 0.190. The molecular formula is C17H27NO5. The zero-order valence-corrected chi connectivity index (χ0v) is 13.9. The molecule has 1 rings (SSSR count). The smallest absolute Gasteiger partial charge is 0.305 e. The maximum absolute atomic E-state index is 11.5. The minimum absolute atomic E-state index is 0.172. The first-order valence-electron chi connectivity index (χ1n) is 8.39. The summed E-state index contributed by atoms with van der Waals surface area (Å²) in [7, 11) is 1.39. The zero-order valence-electron chi connectivity index (χ0n) is 13.9. The van der Waals surface area contributed by atoms with Gasteiger partial charge in [0.15, 0.2) is 0 Å². The molecule has 1 unspecified atom stereocenters. The first-order chi connectivity index (χ1) is 11.0. The Morgan fingerprint density at radius 3 is 2.57 bits per heavy atom. The van der Waals surface area contributed by atoms with Crippen molar-refractivity contribution in [3.05, 3.63) is 21.8 Å². The number of hydrogen-bond acceptors (Lipinski definition) is 5. The predicted molar refractivity (Wildman–Crippen MR) is 86.7 cm³/mol. The molecule has 130 valence electrons. The maximum atomic E-state index is 11.5. The number of methoxy groups -OCH3 is 1. The summed E-state index contributed by atoms with van der Waals surface area (Å²) in [5.41, 5.74) is -0.383. The van der Waals surface area contributed by atoms with Crippen molar-refractivity contribution >= 4 is 12.3 Å². The van der Waals surface area contributed by atoms with Gasteiger partial charge in [0.2, 0.25) is 5.54 Å². The summed E-state index contributed by atoms with van der Waals surface area (Å²) in [6, 6.07) is 0. The van der Waals surface area contributed by atoms with E-state index in [0.717, 1.165) is 44.8 Å². The van der Waals surface area contributed by atoms with E-state index in [-0.39, 0.29) is 17.3 Å². The number of hydrogen-bond donors (Lipinski definition) is 0. The van der Waals surface area contributed by atoms with Gasteiger partial charge in [-0.05, 0) is 24.8 Å². The van der Waals surface area contributed by atoms with Crippen LogP contribution in [0.5, 0.6) is 0 Å². The van der Waals surface area contributed by atoms with Crippen molar-refractivity contribution in [2.75, 3.05) is 7.11 Å². The Bertz CT molecular complexity index is 446. The molecule has 0 spiro atoms. The van der Waals surface area contributed by atoms with E-state index in [4.69, 9.17) is 0 Å². The Balaban J connectivity index is 2.22. The highest BCUT2D eigenvalue weighted by Gasteiger charge is 2.43. The highest BCUT2D eigenvalue weighted by molar-refractivity contribution is 5.73. The second kappa shape index (κ2) is 10.1. The lowest BCUT2D eigenvalue weighted by Crippen LogP contribution is -2.40. The SMILES string of the molecule is COC(=O)CCCCCCCCC1([N+](=O)[O-])CCC=C(C=O)C1. The van der Waals surface area contributed by atoms with Gasteiger partial charge in [0.05, 0.1) is 7.11 Å². The fourth-order valence-electron chi connectivity index (χ4n) is 3.15.